The first-order chi connectivity index (χ1) is 4.29. The van der Waals surface area contributed by atoms with Crippen LogP contribution in [0, 0.1) is 0 Å². The molecule has 4 nitrogen and oxygen atoms in total. The van der Waals surface area contributed by atoms with Gasteiger partial charge in [-0.05, 0) is 0 Å². The van der Waals surface area contributed by atoms with Crippen molar-refractivity contribution in [1.82, 2.24) is 10.6 Å². The summed E-state index contributed by atoms with van der Waals surface area (Å²) in [7, 11) is 0. The second-order valence-corrected chi connectivity index (χ2v) is 2.13. The molecule has 3 N–H and O–H groups in total. The molecule has 0 aromatic heterocycles. The molecular weight excluding hydrogens is 120 g/mol. The number of nitrogens with one attached hydrogen (secondary N) is 2. The maximum atomic E-state index is 10.1. The lowest BCUT2D eigenvalue weighted by atomic mass is 10.2. The van der Waals surface area contributed by atoms with Gasteiger partial charge >= 0.3 is 5.97 Å². The van der Waals surface area contributed by atoms with Crippen molar-refractivity contribution in [2.24, 2.45) is 0 Å². The molecule has 1 atom stereocenters. The lowest BCUT2D eigenvalue weighted by molar-refractivity contribution is -0.137. The van der Waals surface area contributed by atoms with Crippen LogP contribution < -0.4 is 10.6 Å². The van der Waals surface area contributed by atoms with Crippen LogP contribution in [0.4, 0.5) is 0 Å². The van der Waals surface area contributed by atoms with Gasteiger partial charge in [-0.3, -0.25) is 10.1 Å². The van der Waals surface area contributed by atoms with Crippen LogP contribution in [0.3, 0.4) is 0 Å². The average Bonchev–Trinajstić information content (AvgIpc) is 2.15. The fourth-order valence-corrected chi connectivity index (χ4v) is 0.890. The van der Waals surface area contributed by atoms with Gasteiger partial charge in [-0.2, -0.15) is 0 Å². The Kier molecular flexibility index (Phi) is 2.02. The summed E-state index contributed by atoms with van der Waals surface area (Å²) in [4.78, 5) is 10.1. The number of rotatable bonds is 2. The zero-order valence-electron chi connectivity index (χ0n) is 5.05. The molecule has 0 amide bonds. The van der Waals surface area contributed by atoms with Crippen LogP contribution in [0.25, 0.3) is 0 Å². The van der Waals surface area contributed by atoms with E-state index in [4.69, 9.17) is 5.11 Å². The van der Waals surface area contributed by atoms with Crippen LogP contribution in [0.2, 0.25) is 0 Å². The van der Waals surface area contributed by atoms with E-state index in [1.165, 1.54) is 0 Å². The van der Waals surface area contributed by atoms with Gasteiger partial charge < -0.3 is 10.4 Å². The second-order valence-electron chi connectivity index (χ2n) is 2.13. The van der Waals surface area contributed by atoms with Gasteiger partial charge in [-0.25, -0.2) is 0 Å². The summed E-state index contributed by atoms with van der Waals surface area (Å²) in [5.74, 6) is -0.740. The molecule has 1 aliphatic heterocycles. The van der Waals surface area contributed by atoms with Crippen molar-refractivity contribution in [3.05, 3.63) is 0 Å². The molecule has 0 aromatic rings. The van der Waals surface area contributed by atoms with Gasteiger partial charge in [0.05, 0.1) is 6.42 Å². The van der Waals surface area contributed by atoms with Crippen molar-refractivity contribution in [1.29, 1.82) is 0 Å². The van der Waals surface area contributed by atoms with E-state index in [0.717, 1.165) is 13.2 Å². The molecule has 1 unspecified atom stereocenters. The van der Waals surface area contributed by atoms with Gasteiger partial charge in [0.1, 0.15) is 0 Å². The first-order valence-corrected chi connectivity index (χ1v) is 2.95. The van der Waals surface area contributed by atoms with Crippen molar-refractivity contribution >= 4 is 5.97 Å². The van der Waals surface area contributed by atoms with Gasteiger partial charge in [0.15, 0.2) is 0 Å². The molecule has 52 valence electrons. The maximum absolute atomic E-state index is 10.1. The summed E-state index contributed by atoms with van der Waals surface area (Å²) in [5, 5.41) is 14.3. The van der Waals surface area contributed by atoms with Crippen LogP contribution in [0.1, 0.15) is 6.42 Å². The van der Waals surface area contributed by atoms with E-state index in [9.17, 15) is 4.79 Å². The zero-order chi connectivity index (χ0) is 6.69. The van der Waals surface area contributed by atoms with E-state index < -0.39 is 5.97 Å². The summed E-state index contributed by atoms with van der Waals surface area (Å²) in [6, 6.07) is 0.127. The van der Waals surface area contributed by atoms with Crippen molar-refractivity contribution < 1.29 is 9.90 Å². The first kappa shape index (κ1) is 6.51. The molecule has 1 aliphatic rings. The highest BCUT2D eigenvalue weighted by molar-refractivity contribution is 5.67. The van der Waals surface area contributed by atoms with E-state index in [0.29, 0.717) is 0 Å². The van der Waals surface area contributed by atoms with E-state index in [-0.39, 0.29) is 12.5 Å². The number of carbonyl (C=O) groups is 1. The van der Waals surface area contributed by atoms with Gasteiger partial charge in [0.2, 0.25) is 0 Å². The third kappa shape index (κ3) is 1.99. The van der Waals surface area contributed by atoms with Crippen LogP contribution in [0.15, 0.2) is 0 Å². The van der Waals surface area contributed by atoms with Crippen molar-refractivity contribution in [2.45, 2.75) is 12.5 Å². The van der Waals surface area contributed by atoms with E-state index >= 15 is 0 Å². The van der Waals surface area contributed by atoms with Gasteiger partial charge in [-0.1, -0.05) is 0 Å². The third-order valence-electron chi connectivity index (χ3n) is 1.33. The fourth-order valence-electron chi connectivity index (χ4n) is 0.890. The minimum absolute atomic E-state index is 0.127. The second kappa shape index (κ2) is 2.80. The standard InChI is InChI=1S/C5H10N2O2/c8-5(9)1-4-2-6-3-7-4/h4,6-7H,1-3H2,(H,8,9). The Morgan fingerprint density at radius 1 is 1.78 bits per heavy atom. The van der Waals surface area contributed by atoms with Gasteiger partial charge in [0, 0.05) is 19.3 Å². The highest BCUT2D eigenvalue weighted by Crippen LogP contribution is 1.93. The molecule has 1 saturated heterocycles. The summed E-state index contributed by atoms with van der Waals surface area (Å²) >= 11 is 0. The molecular formula is C5H10N2O2. The van der Waals surface area contributed by atoms with Crippen molar-refractivity contribution in [3.63, 3.8) is 0 Å². The number of hydrogen-bond acceptors (Lipinski definition) is 3. The molecule has 0 spiro atoms. The molecule has 0 aromatic carbocycles. The number of carboxylic acid groups (broad SMARTS) is 1. The predicted molar refractivity (Wildman–Crippen MR) is 32.0 cm³/mol. The number of hydrogen-bond donors (Lipinski definition) is 3. The SMILES string of the molecule is O=C(O)CC1CNCN1. The lowest BCUT2D eigenvalue weighted by Crippen LogP contribution is -2.26. The Bertz CT molecular complexity index is 110. The van der Waals surface area contributed by atoms with E-state index in [1.54, 1.807) is 0 Å². The zero-order valence-corrected chi connectivity index (χ0v) is 5.05. The molecule has 0 saturated carbocycles. The Balaban J connectivity index is 2.19. The summed E-state index contributed by atoms with van der Waals surface area (Å²) in [5.41, 5.74) is 0. The van der Waals surface area contributed by atoms with Crippen molar-refractivity contribution in [2.75, 3.05) is 13.2 Å². The maximum Gasteiger partial charge on any atom is 0.304 e. The summed E-state index contributed by atoms with van der Waals surface area (Å²) < 4.78 is 0. The van der Waals surface area contributed by atoms with Gasteiger partial charge in [-0.15, -0.1) is 0 Å². The first-order valence-electron chi connectivity index (χ1n) is 2.95. The minimum Gasteiger partial charge on any atom is -0.481 e. The smallest absolute Gasteiger partial charge is 0.304 e. The predicted octanol–water partition coefficient (Wildman–Crippen LogP) is -1.02. The van der Waals surface area contributed by atoms with Crippen LogP contribution in [0.5, 0.6) is 0 Å². The van der Waals surface area contributed by atoms with Crippen LogP contribution in [-0.4, -0.2) is 30.3 Å². The molecule has 1 heterocycles. The Morgan fingerprint density at radius 2 is 2.56 bits per heavy atom. The summed E-state index contributed by atoms with van der Waals surface area (Å²) in [6.07, 6.45) is 0.215. The molecule has 0 bridgehead atoms. The van der Waals surface area contributed by atoms with Crippen molar-refractivity contribution in [3.8, 4) is 0 Å². The topological polar surface area (TPSA) is 61.4 Å². The van der Waals surface area contributed by atoms with E-state index in [2.05, 4.69) is 10.6 Å². The Hall–Kier alpha value is -0.610. The molecule has 0 aliphatic carbocycles. The third-order valence-corrected chi connectivity index (χ3v) is 1.33. The largest absolute Gasteiger partial charge is 0.481 e. The normalized spacial score (nSPS) is 26.4. The number of carboxylic acids is 1. The average molecular weight is 130 g/mol. The fraction of sp³-hybridized carbons (Fsp3) is 0.800. The molecule has 4 heteroatoms. The number of aliphatic carboxylic acids is 1. The highest BCUT2D eigenvalue weighted by atomic mass is 16.4. The molecule has 1 rings (SSSR count). The molecule has 9 heavy (non-hydrogen) atoms. The molecule has 0 radical (unpaired) electrons. The molecule has 1 fully saturated rings. The van der Waals surface area contributed by atoms with Gasteiger partial charge in [0.25, 0.3) is 0 Å². The Morgan fingerprint density at radius 3 is 3.00 bits per heavy atom. The monoisotopic (exact) mass is 130 g/mol. The van der Waals surface area contributed by atoms with Crippen LogP contribution >= 0.6 is 0 Å². The Labute approximate surface area is 53.2 Å². The lowest BCUT2D eigenvalue weighted by Gasteiger charge is -2.02. The quantitative estimate of drug-likeness (QED) is 0.448. The highest BCUT2D eigenvalue weighted by Gasteiger charge is 2.15. The van der Waals surface area contributed by atoms with Crippen LogP contribution in [-0.2, 0) is 4.79 Å². The summed E-state index contributed by atoms with van der Waals surface area (Å²) in [6.45, 7) is 1.50. The van der Waals surface area contributed by atoms with E-state index in [1.807, 2.05) is 0 Å². The minimum atomic E-state index is -0.740.